The van der Waals surface area contributed by atoms with Gasteiger partial charge in [0.05, 0.1) is 18.2 Å². The first-order valence-corrected chi connectivity index (χ1v) is 9.31. The van der Waals surface area contributed by atoms with Gasteiger partial charge in [-0.15, -0.1) is 0 Å². The van der Waals surface area contributed by atoms with E-state index in [1.807, 2.05) is 11.0 Å². The highest BCUT2D eigenvalue weighted by molar-refractivity contribution is 9.10. The minimum absolute atomic E-state index is 0.0344. The third-order valence-electron chi connectivity index (χ3n) is 4.74. The maximum Gasteiger partial charge on any atom is 0.332 e. The molecule has 1 saturated heterocycles. The summed E-state index contributed by atoms with van der Waals surface area (Å²) >= 11 is 3.32. The molecule has 142 valence electrons. The SMILES string of the molecule is Cn1c(=O)c(Br)c(N2CCC[C@@H](N)C2)n(Cc2cc(F)ccc2C#N)c1=O. The van der Waals surface area contributed by atoms with Crippen molar-refractivity contribution in [1.29, 1.82) is 5.26 Å². The van der Waals surface area contributed by atoms with Crippen molar-refractivity contribution in [2.24, 2.45) is 12.8 Å². The van der Waals surface area contributed by atoms with Crippen molar-refractivity contribution >= 4 is 21.7 Å². The second-order valence-corrected chi connectivity index (χ2v) is 7.43. The summed E-state index contributed by atoms with van der Waals surface area (Å²) in [5, 5.41) is 9.31. The van der Waals surface area contributed by atoms with Gasteiger partial charge >= 0.3 is 5.69 Å². The Bertz CT molecular complexity index is 1040. The number of halogens is 2. The van der Waals surface area contributed by atoms with Crippen LogP contribution in [-0.2, 0) is 13.6 Å². The molecule has 0 radical (unpaired) electrons. The number of nitriles is 1. The van der Waals surface area contributed by atoms with Gasteiger partial charge in [0.2, 0.25) is 0 Å². The van der Waals surface area contributed by atoms with Crippen molar-refractivity contribution in [3.63, 3.8) is 0 Å². The van der Waals surface area contributed by atoms with Crippen LogP contribution < -0.4 is 21.9 Å². The molecule has 0 unspecified atom stereocenters. The summed E-state index contributed by atoms with van der Waals surface area (Å²) < 4.78 is 16.3. The number of piperidine rings is 1. The van der Waals surface area contributed by atoms with E-state index in [4.69, 9.17) is 5.73 Å². The van der Waals surface area contributed by atoms with Crippen LogP contribution in [0, 0.1) is 17.1 Å². The maximum absolute atomic E-state index is 13.7. The van der Waals surface area contributed by atoms with Gasteiger partial charge in [0.25, 0.3) is 5.56 Å². The van der Waals surface area contributed by atoms with Crippen LogP contribution in [0.1, 0.15) is 24.0 Å². The fourth-order valence-electron chi connectivity index (χ4n) is 3.35. The van der Waals surface area contributed by atoms with Gasteiger partial charge < -0.3 is 10.6 Å². The summed E-state index contributed by atoms with van der Waals surface area (Å²) in [6.45, 7) is 1.11. The minimum Gasteiger partial charge on any atom is -0.355 e. The lowest BCUT2D eigenvalue weighted by molar-refractivity contribution is 0.490. The Morgan fingerprint density at radius 2 is 2.15 bits per heavy atom. The molecule has 0 aliphatic carbocycles. The number of anilines is 1. The third-order valence-corrected chi connectivity index (χ3v) is 5.43. The van der Waals surface area contributed by atoms with Gasteiger partial charge in [-0.3, -0.25) is 13.9 Å². The van der Waals surface area contributed by atoms with Crippen LogP contribution in [0.15, 0.2) is 32.3 Å². The molecule has 0 spiro atoms. The van der Waals surface area contributed by atoms with E-state index >= 15 is 0 Å². The lowest BCUT2D eigenvalue weighted by Crippen LogP contribution is -2.48. The number of hydrogen-bond acceptors (Lipinski definition) is 5. The molecule has 9 heteroatoms. The normalized spacial score (nSPS) is 17.0. The second-order valence-electron chi connectivity index (χ2n) is 6.63. The third kappa shape index (κ3) is 3.68. The molecule has 1 aliphatic heterocycles. The highest BCUT2D eigenvalue weighted by atomic mass is 79.9. The Morgan fingerprint density at radius 3 is 2.81 bits per heavy atom. The van der Waals surface area contributed by atoms with Crippen LogP contribution in [0.3, 0.4) is 0 Å². The van der Waals surface area contributed by atoms with Crippen LogP contribution in [0.4, 0.5) is 10.2 Å². The zero-order chi connectivity index (χ0) is 19.7. The van der Waals surface area contributed by atoms with Gasteiger partial charge in [0, 0.05) is 26.2 Å². The van der Waals surface area contributed by atoms with E-state index in [1.165, 1.54) is 29.8 Å². The average Bonchev–Trinajstić information content (AvgIpc) is 2.65. The van der Waals surface area contributed by atoms with Crippen molar-refractivity contribution in [3.05, 3.63) is 60.5 Å². The van der Waals surface area contributed by atoms with Crippen molar-refractivity contribution in [2.45, 2.75) is 25.4 Å². The van der Waals surface area contributed by atoms with Crippen LogP contribution in [0.5, 0.6) is 0 Å². The van der Waals surface area contributed by atoms with Crippen molar-refractivity contribution in [1.82, 2.24) is 9.13 Å². The lowest BCUT2D eigenvalue weighted by Gasteiger charge is -2.34. The molecule has 3 rings (SSSR count). The summed E-state index contributed by atoms with van der Waals surface area (Å²) in [6, 6.07) is 5.76. The van der Waals surface area contributed by atoms with E-state index in [9.17, 15) is 19.2 Å². The first kappa shape index (κ1) is 19.3. The first-order chi connectivity index (χ1) is 12.8. The smallest absolute Gasteiger partial charge is 0.332 e. The monoisotopic (exact) mass is 435 g/mol. The number of benzene rings is 1. The molecular formula is C18H19BrFN5O2. The second kappa shape index (κ2) is 7.66. The fraction of sp³-hybridized carbons (Fsp3) is 0.389. The summed E-state index contributed by atoms with van der Waals surface area (Å²) in [5.41, 5.74) is 5.72. The van der Waals surface area contributed by atoms with E-state index in [-0.39, 0.29) is 22.6 Å². The Labute approximate surface area is 163 Å². The number of aromatic nitrogens is 2. The fourth-order valence-corrected chi connectivity index (χ4v) is 4.08. The topological polar surface area (TPSA) is 97.1 Å². The Balaban J connectivity index is 2.20. The molecule has 2 N–H and O–H groups in total. The summed E-state index contributed by atoms with van der Waals surface area (Å²) in [6.07, 6.45) is 1.70. The molecule has 1 aromatic carbocycles. The molecule has 7 nitrogen and oxygen atoms in total. The van der Waals surface area contributed by atoms with Crippen LogP contribution in [0.2, 0.25) is 0 Å². The van der Waals surface area contributed by atoms with Crippen LogP contribution in [-0.4, -0.2) is 28.3 Å². The molecule has 27 heavy (non-hydrogen) atoms. The molecule has 1 aromatic heterocycles. The van der Waals surface area contributed by atoms with E-state index in [1.54, 1.807) is 0 Å². The Morgan fingerprint density at radius 1 is 1.41 bits per heavy atom. The average molecular weight is 436 g/mol. The number of hydrogen-bond donors (Lipinski definition) is 1. The summed E-state index contributed by atoms with van der Waals surface area (Å²) in [5.74, 6) is -0.0890. The number of rotatable bonds is 3. The molecular weight excluding hydrogens is 417 g/mol. The predicted molar refractivity (Wildman–Crippen MR) is 103 cm³/mol. The van der Waals surface area contributed by atoms with Crippen LogP contribution in [0.25, 0.3) is 0 Å². The lowest BCUT2D eigenvalue weighted by atomic mass is 10.1. The Kier molecular flexibility index (Phi) is 5.48. The van der Waals surface area contributed by atoms with Gasteiger partial charge in [-0.2, -0.15) is 5.26 Å². The zero-order valence-electron chi connectivity index (χ0n) is 14.8. The van der Waals surface area contributed by atoms with Gasteiger partial charge in [-0.05, 0) is 52.5 Å². The molecule has 0 amide bonds. The molecule has 2 heterocycles. The van der Waals surface area contributed by atoms with Gasteiger partial charge in [0.1, 0.15) is 16.1 Å². The van der Waals surface area contributed by atoms with Crippen molar-refractivity contribution in [3.8, 4) is 6.07 Å². The Hall–Kier alpha value is -2.44. The van der Waals surface area contributed by atoms with E-state index in [0.717, 1.165) is 17.4 Å². The van der Waals surface area contributed by atoms with Gasteiger partial charge in [-0.25, -0.2) is 9.18 Å². The molecule has 0 bridgehead atoms. The highest BCUT2D eigenvalue weighted by Crippen LogP contribution is 2.26. The first-order valence-electron chi connectivity index (χ1n) is 8.52. The maximum atomic E-state index is 13.7. The largest absolute Gasteiger partial charge is 0.355 e. The predicted octanol–water partition coefficient (Wildman–Crippen LogP) is 1.30. The van der Waals surface area contributed by atoms with Gasteiger partial charge in [0.15, 0.2) is 0 Å². The quantitative estimate of drug-likeness (QED) is 0.783. The summed E-state index contributed by atoms with van der Waals surface area (Å²) in [7, 11) is 1.38. The molecule has 1 fully saturated rings. The summed E-state index contributed by atoms with van der Waals surface area (Å²) in [4.78, 5) is 27.2. The standard InChI is InChI=1S/C18H19BrFN5O2/c1-23-17(26)15(19)16(24-6-2-3-14(22)10-24)25(18(23)27)9-12-7-13(20)5-4-11(12)8-21/h4-5,7,14H,2-3,6,9-10,22H2,1H3/t14-/m1/s1. The zero-order valence-corrected chi connectivity index (χ0v) is 16.4. The number of nitrogens with two attached hydrogens (primary N) is 1. The molecule has 1 aliphatic rings. The molecule has 0 saturated carbocycles. The van der Waals surface area contributed by atoms with Gasteiger partial charge in [-0.1, -0.05) is 0 Å². The van der Waals surface area contributed by atoms with Crippen LogP contribution >= 0.6 is 15.9 Å². The van der Waals surface area contributed by atoms with E-state index in [2.05, 4.69) is 15.9 Å². The van der Waals surface area contributed by atoms with Crippen molar-refractivity contribution < 1.29 is 4.39 Å². The van der Waals surface area contributed by atoms with E-state index in [0.29, 0.717) is 24.5 Å². The highest BCUT2D eigenvalue weighted by Gasteiger charge is 2.25. The van der Waals surface area contributed by atoms with Crippen molar-refractivity contribution in [2.75, 3.05) is 18.0 Å². The molecule has 2 aromatic rings. The molecule has 1 atom stereocenters. The van der Waals surface area contributed by atoms with E-state index < -0.39 is 17.1 Å². The minimum atomic E-state index is -0.537. The number of nitrogens with zero attached hydrogens (tertiary/aromatic N) is 4.